The zero-order chi connectivity index (χ0) is 16.8. The minimum atomic E-state index is -0.358. The van der Waals surface area contributed by atoms with Crippen LogP contribution in [0.1, 0.15) is 29.6 Å². The Morgan fingerprint density at radius 3 is 2.67 bits per heavy atom. The molecule has 0 aliphatic heterocycles. The molecule has 0 aliphatic rings. The van der Waals surface area contributed by atoms with Gasteiger partial charge in [-0.25, -0.2) is 0 Å². The van der Waals surface area contributed by atoms with Gasteiger partial charge in [0.05, 0.1) is 0 Å². The molecule has 1 amide bonds. The molecule has 1 aromatic carbocycles. The third kappa shape index (κ3) is 4.04. The lowest BCUT2D eigenvalue weighted by molar-refractivity contribution is 0.0894. The second kappa shape index (κ2) is 7.50. The number of aryl methyl sites for hydroxylation is 1. The molecule has 1 N–H and O–H groups in total. The molecule has 0 unspecified atom stereocenters. The molecule has 0 fully saturated rings. The Balaban J connectivity index is 1.56. The highest BCUT2D eigenvalue weighted by molar-refractivity contribution is 5.90. The van der Waals surface area contributed by atoms with Crippen molar-refractivity contribution in [1.82, 2.24) is 20.4 Å². The lowest BCUT2D eigenvalue weighted by Gasteiger charge is -2.12. The maximum Gasteiger partial charge on any atom is 0.316 e. The van der Waals surface area contributed by atoms with Crippen LogP contribution >= 0.6 is 0 Å². The van der Waals surface area contributed by atoms with Gasteiger partial charge in [0.2, 0.25) is 5.82 Å². The predicted molar refractivity (Wildman–Crippen MR) is 89.2 cm³/mol. The fourth-order valence-electron chi connectivity index (χ4n) is 2.32. The zero-order valence-corrected chi connectivity index (χ0v) is 13.3. The lowest BCUT2D eigenvalue weighted by Crippen LogP contribution is -2.33. The van der Waals surface area contributed by atoms with Crippen molar-refractivity contribution in [3.63, 3.8) is 0 Å². The summed E-state index contributed by atoms with van der Waals surface area (Å²) in [6.45, 7) is 1.96. The van der Waals surface area contributed by atoms with Crippen LogP contribution in [0.25, 0.3) is 11.4 Å². The number of amides is 1. The highest BCUT2D eigenvalue weighted by Crippen LogP contribution is 2.14. The average molecular weight is 322 g/mol. The van der Waals surface area contributed by atoms with Crippen LogP contribution in [0.2, 0.25) is 0 Å². The van der Waals surface area contributed by atoms with Crippen molar-refractivity contribution in [2.24, 2.45) is 0 Å². The van der Waals surface area contributed by atoms with Crippen molar-refractivity contribution < 1.29 is 9.32 Å². The van der Waals surface area contributed by atoms with E-state index < -0.39 is 0 Å². The SMILES string of the molecule is C[C@@H](CCc1ccccc1)NC(=O)c1nc(-c2ccncc2)no1. The fraction of sp³-hybridized carbons (Fsp3) is 0.222. The van der Waals surface area contributed by atoms with Crippen LogP contribution in [0.3, 0.4) is 0 Å². The summed E-state index contributed by atoms with van der Waals surface area (Å²) in [5.41, 5.74) is 2.00. The third-order valence-electron chi connectivity index (χ3n) is 3.65. The van der Waals surface area contributed by atoms with Crippen LogP contribution in [0.4, 0.5) is 0 Å². The largest absolute Gasteiger partial charge is 0.345 e. The standard InChI is InChI=1S/C18H18N4O2/c1-13(7-8-14-5-3-2-4-6-14)20-17(23)18-21-16(22-24-18)15-9-11-19-12-10-15/h2-6,9-13H,7-8H2,1H3,(H,20,23)/t13-/m0/s1. The highest BCUT2D eigenvalue weighted by atomic mass is 16.5. The minimum absolute atomic E-state index is 0.00832. The van der Waals surface area contributed by atoms with Crippen LogP contribution in [-0.4, -0.2) is 27.1 Å². The van der Waals surface area contributed by atoms with Gasteiger partial charge < -0.3 is 9.84 Å². The van der Waals surface area contributed by atoms with Gasteiger partial charge in [0.15, 0.2) is 0 Å². The number of nitrogens with zero attached hydrogens (tertiary/aromatic N) is 3. The van der Waals surface area contributed by atoms with E-state index in [1.165, 1.54) is 5.56 Å². The summed E-state index contributed by atoms with van der Waals surface area (Å²) >= 11 is 0. The number of carbonyl (C=O) groups excluding carboxylic acids is 1. The number of hydrogen-bond donors (Lipinski definition) is 1. The van der Waals surface area contributed by atoms with Crippen molar-refractivity contribution >= 4 is 5.91 Å². The van der Waals surface area contributed by atoms with Crippen LogP contribution in [0, 0.1) is 0 Å². The molecule has 0 spiro atoms. The molecule has 0 aliphatic carbocycles. The van der Waals surface area contributed by atoms with Gasteiger partial charge in [0.1, 0.15) is 0 Å². The van der Waals surface area contributed by atoms with Gasteiger partial charge in [-0.2, -0.15) is 4.98 Å². The normalized spacial score (nSPS) is 11.9. The summed E-state index contributed by atoms with van der Waals surface area (Å²) in [4.78, 5) is 20.3. The molecule has 6 nitrogen and oxygen atoms in total. The van der Waals surface area contributed by atoms with Crippen molar-refractivity contribution in [2.45, 2.75) is 25.8 Å². The van der Waals surface area contributed by atoms with Gasteiger partial charge in [-0.1, -0.05) is 35.5 Å². The molecular weight excluding hydrogens is 304 g/mol. The van der Waals surface area contributed by atoms with Gasteiger partial charge in [-0.15, -0.1) is 0 Å². The number of benzene rings is 1. The number of hydrogen-bond acceptors (Lipinski definition) is 5. The van der Waals surface area contributed by atoms with E-state index in [1.807, 2.05) is 25.1 Å². The molecule has 0 radical (unpaired) electrons. The van der Waals surface area contributed by atoms with E-state index in [9.17, 15) is 4.79 Å². The Morgan fingerprint density at radius 2 is 1.92 bits per heavy atom. The third-order valence-corrected chi connectivity index (χ3v) is 3.65. The maximum absolute atomic E-state index is 12.2. The Labute approximate surface area is 139 Å². The molecule has 3 aromatic rings. The zero-order valence-electron chi connectivity index (χ0n) is 13.3. The van der Waals surface area contributed by atoms with E-state index in [0.717, 1.165) is 18.4 Å². The van der Waals surface area contributed by atoms with Gasteiger partial charge in [0, 0.05) is 24.0 Å². The second-order valence-electron chi connectivity index (χ2n) is 5.56. The van der Waals surface area contributed by atoms with Crippen molar-refractivity contribution in [2.75, 3.05) is 0 Å². The van der Waals surface area contributed by atoms with Crippen LogP contribution in [0.5, 0.6) is 0 Å². The molecule has 0 saturated carbocycles. The number of carbonyl (C=O) groups is 1. The number of rotatable bonds is 6. The number of aromatic nitrogens is 3. The van der Waals surface area contributed by atoms with Gasteiger partial charge in [0.25, 0.3) is 0 Å². The van der Waals surface area contributed by atoms with Crippen LogP contribution < -0.4 is 5.32 Å². The summed E-state index contributed by atoms with van der Waals surface area (Å²) in [5.74, 6) is -0.0174. The van der Waals surface area contributed by atoms with Gasteiger partial charge in [-0.3, -0.25) is 9.78 Å². The van der Waals surface area contributed by atoms with Crippen molar-refractivity contribution in [1.29, 1.82) is 0 Å². The van der Waals surface area contributed by atoms with Gasteiger partial charge >= 0.3 is 11.8 Å². The fourth-order valence-corrected chi connectivity index (χ4v) is 2.32. The summed E-state index contributed by atoms with van der Waals surface area (Å²) in [6, 6.07) is 13.7. The molecule has 0 saturated heterocycles. The van der Waals surface area contributed by atoms with E-state index >= 15 is 0 Å². The van der Waals surface area contributed by atoms with Crippen LogP contribution in [0.15, 0.2) is 59.4 Å². The Hall–Kier alpha value is -3.02. The maximum atomic E-state index is 12.2. The Kier molecular flexibility index (Phi) is 4.96. The predicted octanol–water partition coefficient (Wildman–Crippen LogP) is 2.88. The van der Waals surface area contributed by atoms with Crippen molar-refractivity contribution in [3.8, 4) is 11.4 Å². The van der Waals surface area contributed by atoms with E-state index in [2.05, 4.69) is 32.6 Å². The Morgan fingerprint density at radius 1 is 1.17 bits per heavy atom. The molecule has 24 heavy (non-hydrogen) atoms. The molecule has 1 atom stereocenters. The number of pyridine rings is 1. The molecule has 6 heteroatoms. The first-order valence-electron chi connectivity index (χ1n) is 7.81. The molecule has 0 bridgehead atoms. The first-order chi connectivity index (χ1) is 11.7. The smallest absolute Gasteiger partial charge is 0.316 e. The average Bonchev–Trinajstić information content (AvgIpc) is 3.12. The van der Waals surface area contributed by atoms with Crippen molar-refractivity contribution in [3.05, 3.63) is 66.3 Å². The molecule has 2 heterocycles. The van der Waals surface area contributed by atoms with E-state index in [4.69, 9.17) is 4.52 Å². The van der Waals surface area contributed by atoms with E-state index in [-0.39, 0.29) is 17.8 Å². The minimum Gasteiger partial charge on any atom is -0.345 e. The Bertz CT molecular complexity index is 787. The summed E-state index contributed by atoms with van der Waals surface area (Å²) in [6.07, 6.45) is 5.00. The van der Waals surface area contributed by atoms with E-state index in [0.29, 0.717) is 5.82 Å². The van der Waals surface area contributed by atoms with Gasteiger partial charge in [-0.05, 0) is 37.5 Å². The molecular formula is C18H18N4O2. The topological polar surface area (TPSA) is 80.9 Å². The number of nitrogens with one attached hydrogen (secondary N) is 1. The monoisotopic (exact) mass is 322 g/mol. The first-order valence-corrected chi connectivity index (χ1v) is 7.81. The van der Waals surface area contributed by atoms with E-state index in [1.54, 1.807) is 24.5 Å². The summed E-state index contributed by atoms with van der Waals surface area (Å²) < 4.78 is 5.05. The quantitative estimate of drug-likeness (QED) is 0.754. The summed E-state index contributed by atoms with van der Waals surface area (Å²) in [7, 11) is 0. The highest BCUT2D eigenvalue weighted by Gasteiger charge is 2.17. The first kappa shape index (κ1) is 15.9. The summed E-state index contributed by atoms with van der Waals surface area (Å²) in [5, 5.41) is 6.72. The molecule has 3 rings (SSSR count). The second-order valence-corrected chi connectivity index (χ2v) is 5.56. The molecule has 2 aromatic heterocycles. The lowest BCUT2D eigenvalue weighted by atomic mass is 10.1. The molecule has 122 valence electrons. The van der Waals surface area contributed by atoms with Crippen LogP contribution in [-0.2, 0) is 6.42 Å².